The number of benzene rings is 1. The first-order valence-corrected chi connectivity index (χ1v) is 6.37. The first kappa shape index (κ1) is 15.2. The molecule has 1 rings (SSSR count). The van der Waals surface area contributed by atoms with Gasteiger partial charge in [0.2, 0.25) is 0 Å². The summed E-state index contributed by atoms with van der Waals surface area (Å²) in [6.45, 7) is 7.03. The van der Waals surface area contributed by atoms with Gasteiger partial charge in [0.15, 0.2) is 0 Å². The van der Waals surface area contributed by atoms with Gasteiger partial charge in [-0.25, -0.2) is 0 Å². The molecule has 0 spiro atoms. The summed E-state index contributed by atoms with van der Waals surface area (Å²) >= 11 is 0. The molecule has 0 amide bonds. The van der Waals surface area contributed by atoms with E-state index in [4.69, 9.17) is 0 Å². The maximum Gasteiger partial charge on any atom is 0.108 e. The average Bonchev–Trinajstić information content (AvgIpc) is 2.27. The SMILES string of the molecule is Cc1ccc(C(C)CC(O)C(O)C(C)(C)O)cc1. The molecule has 102 valence electrons. The van der Waals surface area contributed by atoms with E-state index in [1.807, 2.05) is 38.1 Å². The van der Waals surface area contributed by atoms with Gasteiger partial charge in [-0.05, 0) is 38.7 Å². The van der Waals surface area contributed by atoms with Crippen molar-refractivity contribution in [2.45, 2.75) is 57.8 Å². The van der Waals surface area contributed by atoms with Crippen molar-refractivity contribution in [2.24, 2.45) is 0 Å². The van der Waals surface area contributed by atoms with Crippen molar-refractivity contribution in [1.29, 1.82) is 0 Å². The van der Waals surface area contributed by atoms with E-state index in [-0.39, 0.29) is 5.92 Å². The minimum Gasteiger partial charge on any atom is -0.390 e. The molecule has 3 N–H and O–H groups in total. The standard InChI is InChI=1S/C15H24O3/c1-10-5-7-12(8-6-10)11(2)9-13(16)14(17)15(3,4)18/h5-8,11,13-14,16-18H,9H2,1-4H3. The Labute approximate surface area is 109 Å². The Morgan fingerprint density at radius 1 is 1.11 bits per heavy atom. The van der Waals surface area contributed by atoms with Crippen LogP contribution in [0.3, 0.4) is 0 Å². The summed E-state index contributed by atoms with van der Waals surface area (Å²) in [5, 5.41) is 29.4. The van der Waals surface area contributed by atoms with Crippen LogP contribution < -0.4 is 0 Å². The van der Waals surface area contributed by atoms with Crippen LogP contribution in [0.25, 0.3) is 0 Å². The predicted octanol–water partition coefficient (Wildman–Crippen LogP) is 1.98. The topological polar surface area (TPSA) is 60.7 Å². The van der Waals surface area contributed by atoms with E-state index < -0.39 is 17.8 Å². The van der Waals surface area contributed by atoms with Crippen LogP contribution in [-0.2, 0) is 0 Å². The van der Waals surface area contributed by atoms with Crippen LogP contribution in [0.15, 0.2) is 24.3 Å². The Morgan fingerprint density at radius 2 is 1.61 bits per heavy atom. The summed E-state index contributed by atoms with van der Waals surface area (Å²) in [6.07, 6.45) is -1.64. The fourth-order valence-corrected chi connectivity index (χ4v) is 1.99. The minimum absolute atomic E-state index is 0.137. The highest BCUT2D eigenvalue weighted by Gasteiger charge is 2.32. The highest BCUT2D eigenvalue weighted by Crippen LogP contribution is 2.24. The summed E-state index contributed by atoms with van der Waals surface area (Å²) in [7, 11) is 0. The summed E-state index contributed by atoms with van der Waals surface area (Å²) < 4.78 is 0. The number of aryl methyl sites for hydroxylation is 1. The van der Waals surface area contributed by atoms with Crippen molar-refractivity contribution < 1.29 is 15.3 Å². The van der Waals surface area contributed by atoms with Crippen LogP contribution in [0.5, 0.6) is 0 Å². The minimum atomic E-state index is -1.29. The van der Waals surface area contributed by atoms with Gasteiger partial charge in [-0.3, -0.25) is 0 Å². The molecule has 3 heteroatoms. The van der Waals surface area contributed by atoms with Crippen LogP contribution in [0, 0.1) is 6.92 Å². The molecule has 0 bridgehead atoms. The first-order chi connectivity index (χ1) is 8.21. The van der Waals surface area contributed by atoms with Gasteiger partial charge >= 0.3 is 0 Å². The number of rotatable bonds is 5. The van der Waals surface area contributed by atoms with Gasteiger partial charge in [-0.15, -0.1) is 0 Å². The molecule has 0 heterocycles. The average molecular weight is 252 g/mol. The van der Waals surface area contributed by atoms with Crippen LogP contribution in [0.4, 0.5) is 0 Å². The maximum atomic E-state index is 9.93. The van der Waals surface area contributed by atoms with Gasteiger partial charge in [0, 0.05) is 0 Å². The van der Waals surface area contributed by atoms with E-state index in [0.29, 0.717) is 6.42 Å². The first-order valence-electron chi connectivity index (χ1n) is 6.37. The van der Waals surface area contributed by atoms with E-state index in [2.05, 4.69) is 0 Å². The molecular formula is C15H24O3. The molecule has 3 nitrogen and oxygen atoms in total. The lowest BCUT2D eigenvalue weighted by atomic mass is 9.88. The molecule has 1 aromatic rings. The van der Waals surface area contributed by atoms with Crippen molar-refractivity contribution in [3.63, 3.8) is 0 Å². The lowest BCUT2D eigenvalue weighted by molar-refractivity contribution is -0.108. The van der Waals surface area contributed by atoms with E-state index >= 15 is 0 Å². The normalized spacial score (nSPS) is 17.3. The largest absolute Gasteiger partial charge is 0.390 e. The Morgan fingerprint density at radius 3 is 2.06 bits per heavy atom. The third kappa shape index (κ3) is 4.09. The molecule has 0 aromatic heterocycles. The van der Waals surface area contributed by atoms with Crippen molar-refractivity contribution in [3.05, 3.63) is 35.4 Å². The zero-order valence-corrected chi connectivity index (χ0v) is 11.6. The molecule has 3 atom stereocenters. The van der Waals surface area contributed by atoms with Gasteiger partial charge in [-0.2, -0.15) is 0 Å². The predicted molar refractivity (Wildman–Crippen MR) is 72.5 cm³/mol. The zero-order valence-electron chi connectivity index (χ0n) is 11.6. The van der Waals surface area contributed by atoms with Gasteiger partial charge in [0.25, 0.3) is 0 Å². The molecule has 0 aliphatic carbocycles. The fraction of sp³-hybridized carbons (Fsp3) is 0.600. The molecule has 0 radical (unpaired) electrons. The fourth-order valence-electron chi connectivity index (χ4n) is 1.99. The Hall–Kier alpha value is -0.900. The smallest absolute Gasteiger partial charge is 0.108 e. The zero-order chi connectivity index (χ0) is 13.9. The van der Waals surface area contributed by atoms with Gasteiger partial charge in [0.1, 0.15) is 6.10 Å². The molecule has 0 saturated carbocycles. The van der Waals surface area contributed by atoms with E-state index in [9.17, 15) is 15.3 Å². The van der Waals surface area contributed by atoms with Crippen molar-refractivity contribution in [1.82, 2.24) is 0 Å². The number of hydrogen-bond acceptors (Lipinski definition) is 3. The van der Waals surface area contributed by atoms with Crippen molar-refractivity contribution in [2.75, 3.05) is 0 Å². The highest BCUT2D eigenvalue weighted by molar-refractivity contribution is 5.24. The maximum absolute atomic E-state index is 9.93. The van der Waals surface area contributed by atoms with Crippen LogP contribution in [-0.4, -0.2) is 33.1 Å². The number of aliphatic hydroxyl groups excluding tert-OH is 2. The Balaban J connectivity index is 2.64. The molecular weight excluding hydrogens is 228 g/mol. The lowest BCUT2D eigenvalue weighted by Crippen LogP contribution is -2.45. The lowest BCUT2D eigenvalue weighted by Gasteiger charge is -2.30. The molecule has 1 aromatic carbocycles. The molecule has 0 aliphatic rings. The van der Waals surface area contributed by atoms with E-state index in [1.54, 1.807) is 0 Å². The van der Waals surface area contributed by atoms with Crippen LogP contribution in [0.1, 0.15) is 44.2 Å². The molecule has 0 fully saturated rings. The van der Waals surface area contributed by atoms with Crippen molar-refractivity contribution >= 4 is 0 Å². The second kappa shape index (κ2) is 5.83. The second-order valence-electron chi connectivity index (χ2n) is 5.71. The monoisotopic (exact) mass is 252 g/mol. The Bertz CT molecular complexity index is 364. The Kier molecular flexibility index (Phi) is 4.91. The molecule has 0 saturated heterocycles. The van der Waals surface area contributed by atoms with Crippen LogP contribution >= 0.6 is 0 Å². The van der Waals surface area contributed by atoms with Crippen LogP contribution in [0.2, 0.25) is 0 Å². The second-order valence-corrected chi connectivity index (χ2v) is 5.71. The summed E-state index contributed by atoms with van der Waals surface area (Å²) in [4.78, 5) is 0. The summed E-state index contributed by atoms with van der Waals surface area (Å²) in [5.41, 5.74) is 1.04. The molecule has 18 heavy (non-hydrogen) atoms. The van der Waals surface area contributed by atoms with Gasteiger partial charge in [0.05, 0.1) is 11.7 Å². The third-order valence-electron chi connectivity index (χ3n) is 3.33. The molecule has 0 aliphatic heterocycles. The van der Waals surface area contributed by atoms with Crippen molar-refractivity contribution in [3.8, 4) is 0 Å². The summed E-state index contributed by atoms with van der Waals surface area (Å²) in [5.74, 6) is 0.137. The highest BCUT2D eigenvalue weighted by atomic mass is 16.4. The van der Waals surface area contributed by atoms with E-state index in [1.165, 1.54) is 19.4 Å². The quantitative estimate of drug-likeness (QED) is 0.751. The summed E-state index contributed by atoms with van der Waals surface area (Å²) in [6, 6.07) is 8.13. The van der Waals surface area contributed by atoms with E-state index in [0.717, 1.165) is 5.56 Å². The van der Waals surface area contributed by atoms with Gasteiger partial charge in [-0.1, -0.05) is 36.8 Å². The molecule has 3 unspecified atom stereocenters. The third-order valence-corrected chi connectivity index (χ3v) is 3.33. The van der Waals surface area contributed by atoms with Gasteiger partial charge < -0.3 is 15.3 Å². The number of aliphatic hydroxyl groups is 3. The number of hydrogen-bond donors (Lipinski definition) is 3.